The number of methoxy groups -OCH3 is 1. The molecule has 0 fully saturated rings. The minimum atomic E-state index is -2.93. The van der Waals surface area contributed by atoms with Crippen LogP contribution in [0.3, 0.4) is 0 Å². The molecule has 16 heavy (non-hydrogen) atoms. The molecule has 0 amide bonds. The van der Waals surface area contributed by atoms with E-state index < -0.39 is 23.7 Å². The number of hydrogen-bond donors (Lipinski definition) is 0. The molecule has 1 aromatic heterocycles. The van der Waals surface area contributed by atoms with Crippen LogP contribution in [-0.2, 0) is 4.74 Å². The van der Waals surface area contributed by atoms with Crippen molar-refractivity contribution < 1.29 is 18.3 Å². The molecule has 0 atom stereocenters. The molecule has 0 aliphatic carbocycles. The molecule has 0 saturated heterocycles. The van der Waals surface area contributed by atoms with Crippen LogP contribution < -0.4 is 0 Å². The quantitative estimate of drug-likeness (QED) is 0.752. The monoisotopic (exact) mass is 246 g/mol. The normalized spacial score (nSPS) is 10.0. The van der Waals surface area contributed by atoms with Gasteiger partial charge in [-0.15, -0.1) is 0 Å². The van der Waals surface area contributed by atoms with E-state index in [1.165, 1.54) is 6.07 Å². The molecule has 0 radical (unpaired) electrons. The zero-order valence-corrected chi connectivity index (χ0v) is 8.76. The molecule has 84 valence electrons. The number of ether oxygens (including phenoxy) is 1. The second-order valence-electron chi connectivity index (χ2n) is 2.65. The number of nitrogens with zero attached hydrogens (tertiary/aromatic N) is 2. The van der Waals surface area contributed by atoms with Crippen molar-refractivity contribution in [1.82, 2.24) is 4.98 Å². The fourth-order valence-electron chi connectivity index (χ4n) is 1.03. The average Bonchev–Trinajstić information content (AvgIpc) is 2.27. The van der Waals surface area contributed by atoms with Crippen molar-refractivity contribution in [2.24, 2.45) is 0 Å². The zero-order chi connectivity index (χ0) is 12.3. The lowest BCUT2D eigenvalue weighted by molar-refractivity contribution is 0.0599. The third kappa shape index (κ3) is 2.09. The predicted octanol–water partition coefficient (Wildman–Crippen LogP) is 2.33. The lowest BCUT2D eigenvalue weighted by Gasteiger charge is -2.06. The van der Waals surface area contributed by atoms with Crippen LogP contribution >= 0.6 is 11.6 Å². The van der Waals surface area contributed by atoms with E-state index in [1.807, 2.05) is 0 Å². The van der Waals surface area contributed by atoms with Gasteiger partial charge in [0.15, 0.2) is 0 Å². The molecule has 0 unspecified atom stereocenters. The molecule has 0 aromatic carbocycles. The van der Waals surface area contributed by atoms with Crippen LogP contribution in [0.4, 0.5) is 8.78 Å². The summed E-state index contributed by atoms with van der Waals surface area (Å²) in [6, 6.07) is 1.48. The van der Waals surface area contributed by atoms with Gasteiger partial charge < -0.3 is 4.74 Å². The second kappa shape index (κ2) is 4.86. The van der Waals surface area contributed by atoms with Crippen molar-refractivity contribution in [2.45, 2.75) is 6.43 Å². The molecular formula is C9H5ClF2N2O2. The van der Waals surface area contributed by atoms with Gasteiger partial charge in [-0.2, -0.15) is 5.26 Å². The van der Waals surface area contributed by atoms with Crippen LogP contribution in [0, 0.1) is 11.3 Å². The van der Waals surface area contributed by atoms with E-state index >= 15 is 0 Å². The van der Waals surface area contributed by atoms with Gasteiger partial charge in [0.05, 0.1) is 23.3 Å². The van der Waals surface area contributed by atoms with Crippen LogP contribution in [0.2, 0.25) is 5.02 Å². The summed E-state index contributed by atoms with van der Waals surface area (Å²) >= 11 is 5.64. The van der Waals surface area contributed by atoms with Crippen molar-refractivity contribution in [3.8, 4) is 6.07 Å². The number of carbonyl (C=O) groups excluding carboxylic acids is 1. The Balaban J connectivity index is 3.42. The molecule has 1 aromatic rings. The van der Waals surface area contributed by atoms with Crippen molar-refractivity contribution in [2.75, 3.05) is 7.11 Å². The highest BCUT2D eigenvalue weighted by Gasteiger charge is 2.22. The fourth-order valence-corrected chi connectivity index (χ4v) is 1.29. The Bertz CT molecular complexity index is 471. The average molecular weight is 247 g/mol. The zero-order valence-electron chi connectivity index (χ0n) is 8.00. The minimum absolute atomic E-state index is 0.217. The van der Waals surface area contributed by atoms with E-state index in [9.17, 15) is 13.6 Å². The molecule has 0 saturated carbocycles. The van der Waals surface area contributed by atoms with Gasteiger partial charge in [-0.05, 0) is 0 Å². The van der Waals surface area contributed by atoms with Crippen molar-refractivity contribution in [3.63, 3.8) is 0 Å². The third-order valence-corrected chi connectivity index (χ3v) is 2.16. The Kier molecular flexibility index (Phi) is 3.74. The summed E-state index contributed by atoms with van der Waals surface area (Å²) in [7, 11) is 1.10. The van der Waals surface area contributed by atoms with Gasteiger partial charge in [-0.1, -0.05) is 11.6 Å². The first-order valence-corrected chi connectivity index (χ1v) is 4.35. The van der Waals surface area contributed by atoms with Gasteiger partial charge in [-0.3, -0.25) is 4.98 Å². The summed E-state index contributed by atoms with van der Waals surface area (Å²) in [5.74, 6) is -0.838. The predicted molar refractivity (Wildman–Crippen MR) is 50.3 cm³/mol. The van der Waals surface area contributed by atoms with Gasteiger partial charge in [-0.25, -0.2) is 13.6 Å². The van der Waals surface area contributed by atoms with Gasteiger partial charge in [0.2, 0.25) is 0 Å². The number of alkyl halides is 2. The molecule has 7 heteroatoms. The SMILES string of the molecule is COC(=O)c1cnc(C(F)F)c(C#N)c1Cl. The minimum Gasteiger partial charge on any atom is -0.465 e. The maximum atomic E-state index is 12.4. The smallest absolute Gasteiger partial charge is 0.341 e. The number of hydrogen-bond acceptors (Lipinski definition) is 4. The number of nitriles is 1. The largest absolute Gasteiger partial charge is 0.465 e. The maximum absolute atomic E-state index is 12.4. The molecule has 4 nitrogen and oxygen atoms in total. The van der Waals surface area contributed by atoms with Crippen LogP contribution in [-0.4, -0.2) is 18.1 Å². The Morgan fingerprint density at radius 1 is 1.69 bits per heavy atom. The van der Waals surface area contributed by atoms with Gasteiger partial charge in [0, 0.05) is 6.20 Å². The van der Waals surface area contributed by atoms with Gasteiger partial charge in [0.1, 0.15) is 11.8 Å². The number of carbonyl (C=O) groups is 1. The highest BCUT2D eigenvalue weighted by atomic mass is 35.5. The number of pyridine rings is 1. The van der Waals surface area contributed by atoms with Gasteiger partial charge >= 0.3 is 5.97 Å². The summed E-state index contributed by atoms with van der Waals surface area (Å²) in [4.78, 5) is 14.5. The Morgan fingerprint density at radius 3 is 2.75 bits per heavy atom. The highest BCUT2D eigenvalue weighted by molar-refractivity contribution is 6.34. The molecule has 0 N–H and O–H groups in total. The van der Waals surface area contributed by atoms with E-state index in [-0.39, 0.29) is 10.6 Å². The van der Waals surface area contributed by atoms with Crippen molar-refractivity contribution in [3.05, 3.63) is 28.0 Å². The van der Waals surface area contributed by atoms with E-state index in [1.54, 1.807) is 0 Å². The number of esters is 1. The van der Waals surface area contributed by atoms with Crippen LogP contribution in [0.5, 0.6) is 0 Å². The topological polar surface area (TPSA) is 63.0 Å². The summed E-state index contributed by atoms with van der Waals surface area (Å²) in [6.07, 6.45) is -2.07. The van der Waals surface area contributed by atoms with E-state index in [0.29, 0.717) is 0 Å². The summed E-state index contributed by atoms with van der Waals surface area (Å²) < 4.78 is 29.2. The van der Waals surface area contributed by atoms with Crippen LogP contribution in [0.1, 0.15) is 28.0 Å². The molecule has 1 heterocycles. The van der Waals surface area contributed by atoms with E-state index in [4.69, 9.17) is 16.9 Å². The highest BCUT2D eigenvalue weighted by Crippen LogP contribution is 2.28. The Morgan fingerprint density at radius 2 is 2.31 bits per heavy atom. The fraction of sp³-hybridized carbons (Fsp3) is 0.222. The maximum Gasteiger partial charge on any atom is 0.341 e. The number of halogens is 3. The summed E-state index contributed by atoms with van der Waals surface area (Å²) in [5.41, 5.74) is -1.48. The first-order valence-electron chi connectivity index (χ1n) is 3.97. The second-order valence-corrected chi connectivity index (χ2v) is 3.03. The van der Waals surface area contributed by atoms with E-state index in [2.05, 4.69) is 9.72 Å². The molecular weight excluding hydrogens is 242 g/mol. The summed E-state index contributed by atoms with van der Waals surface area (Å²) in [6.45, 7) is 0. The third-order valence-electron chi connectivity index (χ3n) is 1.77. The molecule has 1 rings (SSSR count). The Hall–Kier alpha value is -1.74. The lowest BCUT2D eigenvalue weighted by atomic mass is 10.1. The molecule has 0 bridgehead atoms. The molecule has 0 spiro atoms. The van der Waals surface area contributed by atoms with Crippen LogP contribution in [0.25, 0.3) is 0 Å². The molecule has 0 aliphatic rings. The van der Waals surface area contributed by atoms with Crippen LogP contribution in [0.15, 0.2) is 6.20 Å². The van der Waals surface area contributed by atoms with E-state index in [0.717, 1.165) is 13.3 Å². The standard InChI is InChI=1S/C9H5ClF2N2O2/c1-16-9(15)5-3-14-7(8(11)12)4(2-13)6(5)10/h3,8H,1H3. The van der Waals surface area contributed by atoms with Crippen molar-refractivity contribution >= 4 is 17.6 Å². The number of rotatable bonds is 2. The van der Waals surface area contributed by atoms with Crippen molar-refractivity contribution in [1.29, 1.82) is 5.26 Å². The lowest BCUT2D eigenvalue weighted by Crippen LogP contribution is -2.07. The van der Waals surface area contributed by atoms with Gasteiger partial charge in [0.25, 0.3) is 6.43 Å². The Labute approximate surface area is 94.4 Å². The number of aromatic nitrogens is 1. The first-order chi connectivity index (χ1) is 7.52. The molecule has 0 aliphatic heterocycles. The first kappa shape index (κ1) is 12.3. The summed E-state index contributed by atoms with van der Waals surface area (Å²) in [5, 5.41) is 8.29.